The van der Waals surface area contributed by atoms with E-state index in [2.05, 4.69) is 5.32 Å². The fraction of sp³-hybridized carbons (Fsp3) is 0.125. The summed E-state index contributed by atoms with van der Waals surface area (Å²) in [6.07, 6.45) is 1.46. The van der Waals surface area contributed by atoms with Crippen molar-refractivity contribution in [1.82, 2.24) is 0 Å². The fourth-order valence-electron chi connectivity index (χ4n) is 3.77. The number of methoxy groups -OCH3 is 2. The molecule has 4 rings (SSSR count). The largest absolute Gasteiger partial charge is 0.508 e. The third kappa shape index (κ3) is 7.33. The molecule has 8 nitrogen and oxygen atoms in total. The van der Waals surface area contributed by atoms with E-state index in [4.69, 9.17) is 18.9 Å². The van der Waals surface area contributed by atoms with E-state index in [1.54, 1.807) is 25.3 Å². The minimum absolute atomic E-state index is 0.0763. The number of phenols is 1. The van der Waals surface area contributed by atoms with Crippen molar-refractivity contribution in [2.24, 2.45) is 0 Å². The van der Waals surface area contributed by atoms with Crippen LogP contribution in [0.2, 0.25) is 0 Å². The highest BCUT2D eigenvalue weighted by molar-refractivity contribution is 6.09. The molecule has 0 radical (unpaired) electrons. The minimum atomic E-state index is -0.572. The van der Waals surface area contributed by atoms with Crippen LogP contribution in [0.3, 0.4) is 0 Å². The molecule has 2 N–H and O–H groups in total. The first-order chi connectivity index (χ1) is 19.5. The molecule has 0 saturated heterocycles. The smallest absolute Gasteiger partial charge is 0.266 e. The van der Waals surface area contributed by atoms with E-state index in [-0.39, 0.29) is 17.9 Å². The lowest BCUT2D eigenvalue weighted by Crippen LogP contribution is -2.13. The molecule has 0 heterocycles. The van der Waals surface area contributed by atoms with Gasteiger partial charge in [0.15, 0.2) is 23.0 Å². The van der Waals surface area contributed by atoms with Gasteiger partial charge in [0.25, 0.3) is 5.91 Å². The maximum atomic E-state index is 12.6. The Balaban J connectivity index is 1.42. The zero-order valence-electron chi connectivity index (χ0n) is 22.1. The van der Waals surface area contributed by atoms with Gasteiger partial charge < -0.3 is 29.4 Å². The number of carbonyl (C=O) groups excluding carboxylic acids is 1. The molecule has 0 unspecified atom stereocenters. The van der Waals surface area contributed by atoms with Gasteiger partial charge in [-0.05, 0) is 71.3 Å². The van der Waals surface area contributed by atoms with E-state index >= 15 is 0 Å². The number of nitrogens with one attached hydrogen (secondary N) is 1. The van der Waals surface area contributed by atoms with Gasteiger partial charge in [0, 0.05) is 5.69 Å². The highest BCUT2D eigenvalue weighted by atomic mass is 16.5. The van der Waals surface area contributed by atoms with Gasteiger partial charge in [-0.2, -0.15) is 5.26 Å². The summed E-state index contributed by atoms with van der Waals surface area (Å²) in [5, 5.41) is 21.6. The molecular formula is C32H28N2O6. The molecule has 0 fully saturated rings. The Kier molecular flexibility index (Phi) is 9.25. The number of phenolic OH excluding ortho intramolecular Hbond substituents is 1. The highest BCUT2D eigenvalue weighted by Crippen LogP contribution is 2.32. The van der Waals surface area contributed by atoms with E-state index in [0.29, 0.717) is 40.9 Å². The van der Waals surface area contributed by atoms with Crippen molar-refractivity contribution >= 4 is 17.7 Å². The normalized spacial score (nSPS) is 10.8. The standard InChI is InChI=1S/C32H28N2O6/c1-37-30-17-23(16-25(19-33)32(36)34-26-10-12-27(35)13-11-26)8-14-28(30)40-21-24-9-15-29(31(18-24)38-2)39-20-22-6-4-3-5-7-22/h3-18,35H,20-21H2,1-2H3,(H,34,36)/b25-16+. The first-order valence-electron chi connectivity index (χ1n) is 12.4. The average molecular weight is 537 g/mol. The third-order valence-electron chi connectivity index (χ3n) is 5.85. The van der Waals surface area contributed by atoms with Crippen molar-refractivity contribution in [2.45, 2.75) is 13.2 Å². The number of ether oxygens (including phenoxy) is 4. The molecule has 8 heteroatoms. The number of amides is 1. The van der Waals surface area contributed by atoms with Gasteiger partial charge >= 0.3 is 0 Å². The predicted octanol–water partition coefficient (Wildman–Crippen LogP) is 6.11. The van der Waals surface area contributed by atoms with Crippen LogP contribution in [0.4, 0.5) is 5.69 Å². The van der Waals surface area contributed by atoms with Crippen LogP contribution in [0, 0.1) is 11.3 Å². The molecule has 0 aliphatic heterocycles. The molecule has 4 aromatic carbocycles. The summed E-state index contributed by atoms with van der Waals surface area (Å²) in [5.74, 6) is 1.67. The van der Waals surface area contributed by atoms with Crippen LogP contribution in [0.5, 0.6) is 28.7 Å². The van der Waals surface area contributed by atoms with Crippen LogP contribution in [0.1, 0.15) is 16.7 Å². The number of aromatic hydroxyl groups is 1. The molecule has 0 atom stereocenters. The van der Waals surface area contributed by atoms with E-state index in [1.165, 1.54) is 37.5 Å². The number of hydrogen-bond donors (Lipinski definition) is 2. The summed E-state index contributed by atoms with van der Waals surface area (Å²) < 4.78 is 22.9. The van der Waals surface area contributed by atoms with Crippen molar-refractivity contribution in [3.05, 3.63) is 113 Å². The summed E-state index contributed by atoms with van der Waals surface area (Å²) >= 11 is 0. The van der Waals surface area contributed by atoms with E-state index in [1.807, 2.05) is 54.6 Å². The quantitative estimate of drug-likeness (QED) is 0.135. The number of rotatable bonds is 11. The molecule has 0 bridgehead atoms. The molecule has 0 aliphatic rings. The van der Waals surface area contributed by atoms with Gasteiger partial charge in [-0.25, -0.2) is 0 Å². The van der Waals surface area contributed by atoms with Gasteiger partial charge in [0.05, 0.1) is 14.2 Å². The number of hydrogen-bond acceptors (Lipinski definition) is 7. The summed E-state index contributed by atoms with van der Waals surface area (Å²) in [6, 6.07) is 28.5. The van der Waals surface area contributed by atoms with Crippen molar-refractivity contribution in [1.29, 1.82) is 5.26 Å². The minimum Gasteiger partial charge on any atom is -0.508 e. The van der Waals surface area contributed by atoms with Crippen molar-refractivity contribution in [3.63, 3.8) is 0 Å². The second kappa shape index (κ2) is 13.4. The van der Waals surface area contributed by atoms with Crippen molar-refractivity contribution in [2.75, 3.05) is 19.5 Å². The molecule has 202 valence electrons. The molecular weight excluding hydrogens is 508 g/mol. The zero-order chi connectivity index (χ0) is 28.3. The van der Waals surface area contributed by atoms with E-state index < -0.39 is 5.91 Å². The number of carbonyl (C=O) groups is 1. The monoisotopic (exact) mass is 536 g/mol. The first kappa shape index (κ1) is 27.6. The van der Waals surface area contributed by atoms with Crippen LogP contribution >= 0.6 is 0 Å². The fourth-order valence-corrected chi connectivity index (χ4v) is 3.77. The molecule has 0 aliphatic carbocycles. The van der Waals surface area contributed by atoms with E-state index in [0.717, 1.165) is 11.1 Å². The third-order valence-corrected chi connectivity index (χ3v) is 5.85. The van der Waals surface area contributed by atoms with Gasteiger partial charge in [0.1, 0.15) is 30.6 Å². The van der Waals surface area contributed by atoms with Gasteiger partial charge in [-0.1, -0.05) is 42.5 Å². The lowest BCUT2D eigenvalue weighted by molar-refractivity contribution is -0.112. The van der Waals surface area contributed by atoms with Gasteiger partial charge in [0.2, 0.25) is 0 Å². The van der Waals surface area contributed by atoms with Crippen LogP contribution < -0.4 is 24.3 Å². The Morgan fingerprint density at radius 1 is 0.800 bits per heavy atom. The maximum Gasteiger partial charge on any atom is 0.266 e. The summed E-state index contributed by atoms with van der Waals surface area (Å²) in [4.78, 5) is 12.6. The summed E-state index contributed by atoms with van der Waals surface area (Å²) in [7, 11) is 3.10. The SMILES string of the molecule is COc1cc(/C=C(\C#N)C(=O)Nc2ccc(O)cc2)ccc1OCc1ccc(OCc2ccccc2)c(OC)c1. The lowest BCUT2D eigenvalue weighted by Gasteiger charge is -2.14. The van der Waals surface area contributed by atoms with Crippen LogP contribution in [0.25, 0.3) is 6.08 Å². The van der Waals surface area contributed by atoms with Gasteiger partial charge in [-0.3, -0.25) is 4.79 Å². The Morgan fingerprint density at radius 3 is 2.08 bits per heavy atom. The average Bonchev–Trinajstić information content (AvgIpc) is 2.99. The molecule has 0 aromatic heterocycles. The van der Waals surface area contributed by atoms with Crippen LogP contribution in [-0.4, -0.2) is 25.2 Å². The Morgan fingerprint density at radius 2 is 1.43 bits per heavy atom. The van der Waals surface area contributed by atoms with Crippen LogP contribution in [-0.2, 0) is 18.0 Å². The molecule has 40 heavy (non-hydrogen) atoms. The lowest BCUT2D eigenvalue weighted by atomic mass is 10.1. The first-order valence-corrected chi connectivity index (χ1v) is 12.4. The molecule has 0 saturated carbocycles. The number of nitrogens with zero attached hydrogens (tertiary/aromatic N) is 1. The molecule has 1 amide bonds. The van der Waals surface area contributed by atoms with Crippen LogP contribution in [0.15, 0.2) is 96.6 Å². The Labute approximate surface area is 232 Å². The predicted molar refractivity (Wildman–Crippen MR) is 151 cm³/mol. The second-order valence-electron chi connectivity index (χ2n) is 8.63. The number of benzene rings is 4. The Hall–Kier alpha value is -5.42. The highest BCUT2D eigenvalue weighted by Gasteiger charge is 2.12. The summed E-state index contributed by atoms with van der Waals surface area (Å²) in [6.45, 7) is 0.677. The molecule has 4 aromatic rings. The molecule has 0 spiro atoms. The Bertz CT molecular complexity index is 1530. The maximum absolute atomic E-state index is 12.6. The van der Waals surface area contributed by atoms with Crippen molar-refractivity contribution < 1.29 is 28.8 Å². The number of nitriles is 1. The van der Waals surface area contributed by atoms with Crippen molar-refractivity contribution in [3.8, 4) is 34.8 Å². The second-order valence-corrected chi connectivity index (χ2v) is 8.63. The number of anilines is 1. The topological polar surface area (TPSA) is 110 Å². The van der Waals surface area contributed by atoms with Gasteiger partial charge in [-0.15, -0.1) is 0 Å². The summed E-state index contributed by atoms with van der Waals surface area (Å²) in [5.41, 5.74) is 2.88. The zero-order valence-corrected chi connectivity index (χ0v) is 22.1. The van der Waals surface area contributed by atoms with E-state index in [9.17, 15) is 15.2 Å².